The van der Waals surface area contributed by atoms with Crippen LogP contribution in [0.5, 0.6) is 0 Å². The summed E-state index contributed by atoms with van der Waals surface area (Å²) in [7, 11) is 1.45. The minimum Gasteiger partial charge on any atom is -0.326 e. The van der Waals surface area contributed by atoms with E-state index in [0.717, 1.165) is 21.6 Å². The lowest BCUT2D eigenvalue weighted by atomic mass is 10.0. The Morgan fingerprint density at radius 2 is 1.71 bits per heavy atom. The highest BCUT2D eigenvalue weighted by molar-refractivity contribution is 6.21. The van der Waals surface area contributed by atoms with Gasteiger partial charge >= 0.3 is 0 Å². The maximum Gasteiger partial charge on any atom is 0.261 e. The van der Waals surface area contributed by atoms with Crippen molar-refractivity contribution in [3.8, 4) is 0 Å². The molecule has 0 bridgehead atoms. The Labute approximate surface area is 140 Å². The van der Waals surface area contributed by atoms with Crippen molar-refractivity contribution >= 4 is 23.4 Å². The van der Waals surface area contributed by atoms with Crippen molar-refractivity contribution in [2.45, 2.75) is 20.3 Å². The molecule has 3 amide bonds. The summed E-state index contributed by atoms with van der Waals surface area (Å²) in [4.78, 5) is 37.2. The van der Waals surface area contributed by atoms with Crippen molar-refractivity contribution < 1.29 is 14.4 Å². The second-order valence-corrected chi connectivity index (χ2v) is 6.08. The lowest BCUT2D eigenvalue weighted by Crippen LogP contribution is -2.24. The molecule has 2 aromatic rings. The molecule has 0 unspecified atom stereocenters. The van der Waals surface area contributed by atoms with Gasteiger partial charge in [0.15, 0.2) is 0 Å². The van der Waals surface area contributed by atoms with Gasteiger partial charge in [-0.1, -0.05) is 23.8 Å². The Morgan fingerprint density at radius 1 is 1.00 bits per heavy atom. The van der Waals surface area contributed by atoms with Gasteiger partial charge in [0.05, 0.1) is 17.5 Å². The first-order valence-electron chi connectivity index (χ1n) is 7.69. The predicted molar refractivity (Wildman–Crippen MR) is 91.1 cm³/mol. The summed E-state index contributed by atoms with van der Waals surface area (Å²) in [6, 6.07) is 10.7. The van der Waals surface area contributed by atoms with Gasteiger partial charge in [-0.25, -0.2) is 0 Å². The van der Waals surface area contributed by atoms with E-state index in [1.165, 1.54) is 7.05 Å². The molecular weight excluding hydrogens is 304 g/mol. The van der Waals surface area contributed by atoms with E-state index in [-0.39, 0.29) is 24.1 Å². The Bertz CT molecular complexity index is 871. The molecule has 5 heteroatoms. The summed E-state index contributed by atoms with van der Waals surface area (Å²) in [5.41, 5.74) is 4.40. The van der Waals surface area contributed by atoms with E-state index in [9.17, 15) is 14.4 Å². The monoisotopic (exact) mass is 322 g/mol. The summed E-state index contributed by atoms with van der Waals surface area (Å²) < 4.78 is 0. The van der Waals surface area contributed by atoms with Crippen LogP contribution in [-0.4, -0.2) is 29.7 Å². The van der Waals surface area contributed by atoms with Crippen LogP contribution in [0.4, 0.5) is 5.69 Å². The van der Waals surface area contributed by atoms with Crippen LogP contribution in [-0.2, 0) is 11.2 Å². The van der Waals surface area contributed by atoms with E-state index in [1.54, 1.807) is 18.2 Å². The zero-order valence-corrected chi connectivity index (χ0v) is 13.8. The van der Waals surface area contributed by atoms with Crippen LogP contribution in [0.2, 0.25) is 0 Å². The molecule has 1 heterocycles. The van der Waals surface area contributed by atoms with E-state index < -0.39 is 0 Å². The number of hydrogen-bond acceptors (Lipinski definition) is 3. The van der Waals surface area contributed by atoms with Crippen LogP contribution in [0, 0.1) is 13.8 Å². The van der Waals surface area contributed by atoms with E-state index in [4.69, 9.17) is 0 Å². The molecule has 1 N–H and O–H groups in total. The Hall–Kier alpha value is -2.95. The number of nitrogens with zero attached hydrogens (tertiary/aromatic N) is 1. The molecule has 0 saturated heterocycles. The molecule has 0 spiro atoms. The molecule has 3 rings (SSSR count). The first-order chi connectivity index (χ1) is 11.4. The molecule has 0 fully saturated rings. The molecule has 1 aliphatic rings. The number of rotatable bonds is 3. The molecule has 0 aliphatic carbocycles. The number of benzene rings is 2. The molecule has 0 radical (unpaired) electrons. The van der Waals surface area contributed by atoms with Crippen LogP contribution in [0.1, 0.15) is 37.4 Å². The third-order valence-electron chi connectivity index (χ3n) is 4.22. The molecule has 0 aromatic heterocycles. The van der Waals surface area contributed by atoms with Gasteiger partial charge < -0.3 is 5.32 Å². The number of imide groups is 1. The number of aryl methyl sites for hydroxylation is 2. The van der Waals surface area contributed by atoms with E-state index in [0.29, 0.717) is 16.8 Å². The third-order valence-corrected chi connectivity index (χ3v) is 4.22. The number of hydrogen-bond donors (Lipinski definition) is 1. The number of nitrogens with one attached hydrogen (secondary N) is 1. The first-order valence-corrected chi connectivity index (χ1v) is 7.69. The lowest BCUT2D eigenvalue weighted by molar-refractivity contribution is -0.115. The van der Waals surface area contributed by atoms with E-state index in [2.05, 4.69) is 5.32 Å². The molecule has 1 aliphatic heterocycles. The van der Waals surface area contributed by atoms with Gasteiger partial charge in [0.2, 0.25) is 5.91 Å². The predicted octanol–water partition coefficient (Wildman–Crippen LogP) is 2.71. The highest BCUT2D eigenvalue weighted by atomic mass is 16.2. The van der Waals surface area contributed by atoms with Gasteiger partial charge in [0.25, 0.3) is 11.8 Å². The zero-order valence-electron chi connectivity index (χ0n) is 13.8. The minimum absolute atomic E-state index is 0.160. The fourth-order valence-electron chi connectivity index (χ4n) is 2.86. The molecule has 2 aromatic carbocycles. The highest BCUT2D eigenvalue weighted by Gasteiger charge is 2.32. The van der Waals surface area contributed by atoms with Crippen LogP contribution >= 0.6 is 0 Å². The summed E-state index contributed by atoms with van der Waals surface area (Å²) in [5, 5.41) is 2.79. The van der Waals surface area contributed by atoms with Crippen molar-refractivity contribution in [3.05, 3.63) is 64.2 Å². The normalized spacial score (nSPS) is 13.2. The smallest absolute Gasteiger partial charge is 0.261 e. The van der Waals surface area contributed by atoms with Crippen LogP contribution in [0.3, 0.4) is 0 Å². The van der Waals surface area contributed by atoms with Gasteiger partial charge in [-0.3, -0.25) is 19.3 Å². The van der Waals surface area contributed by atoms with Gasteiger partial charge in [-0.05, 0) is 43.2 Å². The lowest BCUT2D eigenvalue weighted by Gasteiger charge is -2.09. The van der Waals surface area contributed by atoms with Crippen molar-refractivity contribution in [3.63, 3.8) is 0 Å². The second kappa shape index (κ2) is 5.92. The molecule has 122 valence electrons. The van der Waals surface area contributed by atoms with Gasteiger partial charge in [-0.15, -0.1) is 0 Å². The van der Waals surface area contributed by atoms with Crippen LogP contribution in [0.15, 0.2) is 36.4 Å². The van der Waals surface area contributed by atoms with E-state index >= 15 is 0 Å². The SMILES string of the molecule is Cc1ccc(CC(=O)Nc2ccc3c(c2)C(=O)N(C)C3=O)c(C)c1. The summed E-state index contributed by atoms with van der Waals surface area (Å²) in [6.45, 7) is 3.99. The van der Waals surface area contributed by atoms with Crippen molar-refractivity contribution in [2.75, 3.05) is 12.4 Å². The molecule has 5 nitrogen and oxygen atoms in total. The molecule has 24 heavy (non-hydrogen) atoms. The average Bonchev–Trinajstić information content (AvgIpc) is 2.75. The van der Waals surface area contributed by atoms with Gasteiger partial charge in [0.1, 0.15) is 0 Å². The Kier molecular flexibility index (Phi) is 3.93. The number of amides is 3. The van der Waals surface area contributed by atoms with Crippen molar-refractivity contribution in [2.24, 2.45) is 0 Å². The highest BCUT2D eigenvalue weighted by Crippen LogP contribution is 2.25. The average molecular weight is 322 g/mol. The second-order valence-electron chi connectivity index (χ2n) is 6.08. The number of fused-ring (bicyclic) bond motifs is 1. The fourth-order valence-corrected chi connectivity index (χ4v) is 2.86. The van der Waals surface area contributed by atoms with E-state index in [1.807, 2.05) is 32.0 Å². The first kappa shape index (κ1) is 15.9. The summed E-state index contributed by atoms with van der Waals surface area (Å²) >= 11 is 0. The summed E-state index contributed by atoms with van der Waals surface area (Å²) in [5.74, 6) is -0.823. The molecule has 0 saturated carbocycles. The minimum atomic E-state index is -0.347. The number of carbonyl (C=O) groups excluding carboxylic acids is 3. The number of carbonyl (C=O) groups is 3. The molecular formula is C19H18N2O3. The van der Waals surface area contributed by atoms with Crippen molar-refractivity contribution in [1.29, 1.82) is 0 Å². The van der Waals surface area contributed by atoms with Gasteiger partial charge in [-0.2, -0.15) is 0 Å². The largest absolute Gasteiger partial charge is 0.326 e. The van der Waals surface area contributed by atoms with Crippen LogP contribution in [0.25, 0.3) is 0 Å². The van der Waals surface area contributed by atoms with Crippen molar-refractivity contribution in [1.82, 2.24) is 4.90 Å². The molecule has 0 atom stereocenters. The fraction of sp³-hybridized carbons (Fsp3) is 0.211. The zero-order chi connectivity index (χ0) is 17.4. The Balaban J connectivity index is 1.76. The third kappa shape index (κ3) is 2.80. The Morgan fingerprint density at radius 3 is 2.42 bits per heavy atom. The quantitative estimate of drug-likeness (QED) is 0.884. The maximum absolute atomic E-state index is 12.3. The maximum atomic E-state index is 12.3. The summed E-state index contributed by atoms with van der Waals surface area (Å²) in [6.07, 6.45) is 0.260. The van der Waals surface area contributed by atoms with Crippen LogP contribution < -0.4 is 5.32 Å². The number of anilines is 1. The van der Waals surface area contributed by atoms with Gasteiger partial charge in [0, 0.05) is 12.7 Å². The standard InChI is InChI=1S/C19H18N2O3/c1-11-4-5-13(12(2)8-11)9-17(22)20-14-6-7-15-16(10-14)19(24)21(3)18(15)23/h4-8,10H,9H2,1-3H3,(H,20,22). The topological polar surface area (TPSA) is 66.5 Å².